The van der Waals surface area contributed by atoms with Crippen molar-refractivity contribution in [3.05, 3.63) is 23.8 Å². The molecule has 3 fully saturated rings. The van der Waals surface area contributed by atoms with Crippen LogP contribution in [-0.2, 0) is 19.1 Å². The number of allylic oxidation sites excluding steroid dienone is 4. The maximum absolute atomic E-state index is 13.2. The number of rotatable bonds is 5. The van der Waals surface area contributed by atoms with Gasteiger partial charge in [-0.1, -0.05) is 32.4 Å². The fourth-order valence-corrected chi connectivity index (χ4v) is 8.18. The topological polar surface area (TPSA) is 80.7 Å². The van der Waals surface area contributed by atoms with E-state index in [1.54, 1.807) is 12.2 Å². The first-order chi connectivity index (χ1) is 15.0. The van der Waals surface area contributed by atoms with Crippen LogP contribution < -0.4 is 0 Å². The minimum atomic E-state index is -1.35. The molecule has 0 aromatic heterocycles. The van der Waals surface area contributed by atoms with Gasteiger partial charge >= 0.3 is 5.97 Å². The molecule has 0 spiro atoms. The molecular weight excluding hydrogens is 451 g/mol. The van der Waals surface area contributed by atoms with Crippen LogP contribution in [0.15, 0.2) is 23.8 Å². The van der Waals surface area contributed by atoms with Crippen molar-refractivity contribution in [2.45, 2.75) is 82.3 Å². The van der Waals surface area contributed by atoms with Crippen LogP contribution in [0.2, 0.25) is 0 Å². The maximum Gasteiger partial charge on any atom is 0.306 e. The summed E-state index contributed by atoms with van der Waals surface area (Å²) in [6, 6.07) is 0. The Kier molecular flexibility index (Phi) is 5.96. The maximum atomic E-state index is 13.2. The first-order valence-corrected chi connectivity index (χ1v) is 12.5. The van der Waals surface area contributed by atoms with Gasteiger partial charge in [0.25, 0.3) is 0 Å². The lowest BCUT2D eigenvalue weighted by atomic mass is 9.45. The van der Waals surface area contributed by atoms with Crippen molar-refractivity contribution in [1.82, 2.24) is 0 Å². The van der Waals surface area contributed by atoms with Crippen molar-refractivity contribution in [3.63, 3.8) is 0 Å². The average Bonchev–Trinajstić information content (AvgIpc) is 3.02. The molecule has 0 radical (unpaired) electrons. The predicted molar refractivity (Wildman–Crippen MR) is 123 cm³/mol. The molecule has 4 aliphatic rings. The summed E-state index contributed by atoms with van der Waals surface area (Å²) in [6.45, 7) is 5.85. The second kappa shape index (κ2) is 7.95. The van der Waals surface area contributed by atoms with Gasteiger partial charge in [-0.3, -0.25) is 14.4 Å². The number of halogens is 2. The fourth-order valence-electron chi connectivity index (χ4n) is 7.44. The highest BCUT2D eigenvalue weighted by atomic mass is 35.5. The third-order valence-corrected chi connectivity index (χ3v) is 10.2. The highest BCUT2D eigenvalue weighted by molar-refractivity contribution is 6.29. The van der Waals surface area contributed by atoms with Gasteiger partial charge in [-0.15, -0.1) is 23.2 Å². The normalized spacial score (nSPS) is 44.9. The van der Waals surface area contributed by atoms with Crippen molar-refractivity contribution in [2.75, 3.05) is 5.88 Å². The highest BCUT2D eigenvalue weighted by Crippen LogP contribution is 2.71. The molecule has 7 heteroatoms. The first-order valence-electron chi connectivity index (χ1n) is 11.6. The molecule has 0 aromatic carbocycles. The Balaban J connectivity index is 1.79. The summed E-state index contributed by atoms with van der Waals surface area (Å²) >= 11 is 13.4. The van der Waals surface area contributed by atoms with Crippen molar-refractivity contribution in [1.29, 1.82) is 0 Å². The van der Waals surface area contributed by atoms with E-state index >= 15 is 0 Å². The molecule has 0 unspecified atom stereocenters. The second-order valence-electron chi connectivity index (χ2n) is 10.4. The molecule has 0 bridgehead atoms. The van der Waals surface area contributed by atoms with E-state index < -0.39 is 33.4 Å². The van der Waals surface area contributed by atoms with Gasteiger partial charge in [-0.2, -0.15) is 0 Å². The number of Topliss-reactive ketones (excluding diaryl/α,β-unsaturated/α-hetero) is 1. The Bertz CT molecular complexity index is 912. The zero-order valence-electron chi connectivity index (χ0n) is 19.0. The summed E-state index contributed by atoms with van der Waals surface area (Å²) in [4.78, 5) is 36.8. The third-order valence-electron chi connectivity index (χ3n) is 9.08. The van der Waals surface area contributed by atoms with E-state index in [1.807, 2.05) is 26.8 Å². The number of aliphatic hydroxyl groups excluding tert-OH is 1. The number of alkyl halides is 2. The summed E-state index contributed by atoms with van der Waals surface area (Å²) < 4.78 is 5.97. The Morgan fingerprint density at radius 2 is 1.97 bits per heavy atom. The van der Waals surface area contributed by atoms with Crippen LogP contribution >= 0.6 is 23.2 Å². The minimum Gasteiger partial charge on any atom is -0.450 e. The number of carbonyl (C=O) groups is 3. The largest absolute Gasteiger partial charge is 0.450 e. The van der Waals surface area contributed by atoms with E-state index in [1.165, 1.54) is 0 Å². The molecule has 4 aliphatic carbocycles. The van der Waals surface area contributed by atoms with Crippen LogP contribution in [-0.4, -0.2) is 45.1 Å². The van der Waals surface area contributed by atoms with Crippen molar-refractivity contribution in [2.24, 2.45) is 22.7 Å². The Morgan fingerprint density at radius 1 is 1.25 bits per heavy atom. The van der Waals surface area contributed by atoms with Gasteiger partial charge in [0.15, 0.2) is 17.2 Å². The van der Waals surface area contributed by atoms with Crippen molar-refractivity contribution >= 4 is 40.7 Å². The monoisotopic (exact) mass is 482 g/mol. The minimum absolute atomic E-state index is 0.0191. The quantitative estimate of drug-likeness (QED) is 0.460. The lowest BCUT2D eigenvalue weighted by Crippen LogP contribution is -2.69. The zero-order valence-corrected chi connectivity index (χ0v) is 20.5. The van der Waals surface area contributed by atoms with E-state index in [0.29, 0.717) is 32.1 Å². The zero-order chi connectivity index (χ0) is 23.5. The van der Waals surface area contributed by atoms with Gasteiger partial charge in [0.1, 0.15) is 0 Å². The van der Waals surface area contributed by atoms with Gasteiger partial charge in [-0.25, -0.2) is 0 Å². The summed E-state index contributed by atoms with van der Waals surface area (Å²) in [6.07, 6.45) is 7.64. The average molecular weight is 483 g/mol. The molecule has 3 saturated carbocycles. The number of fused-ring (bicyclic) bond motifs is 5. The first kappa shape index (κ1) is 24.0. The molecule has 7 atom stereocenters. The highest BCUT2D eigenvalue weighted by Gasteiger charge is 2.74. The van der Waals surface area contributed by atoms with E-state index in [9.17, 15) is 19.5 Å². The summed E-state index contributed by atoms with van der Waals surface area (Å²) in [5, 5.41) is 11.6. The molecule has 0 aromatic rings. The van der Waals surface area contributed by atoms with Crippen LogP contribution in [0.5, 0.6) is 0 Å². The number of hydrogen-bond donors (Lipinski definition) is 1. The van der Waals surface area contributed by atoms with Gasteiger partial charge in [0.2, 0.25) is 0 Å². The van der Waals surface area contributed by atoms with E-state index in [-0.39, 0.29) is 42.1 Å². The molecule has 0 saturated heterocycles. The van der Waals surface area contributed by atoms with Crippen molar-refractivity contribution < 1.29 is 24.2 Å². The fraction of sp³-hybridized carbons (Fsp3) is 0.720. The van der Waals surface area contributed by atoms with Crippen LogP contribution in [0.4, 0.5) is 0 Å². The molecule has 4 rings (SSSR count). The molecule has 5 nitrogen and oxygen atoms in total. The van der Waals surface area contributed by atoms with Crippen LogP contribution in [0.3, 0.4) is 0 Å². The molecule has 1 N–H and O–H groups in total. The predicted octanol–water partition coefficient (Wildman–Crippen LogP) is 4.52. The molecule has 0 aliphatic heterocycles. The van der Waals surface area contributed by atoms with Crippen LogP contribution in [0, 0.1) is 22.7 Å². The summed E-state index contributed by atoms with van der Waals surface area (Å²) in [5.41, 5.74) is -1.82. The Morgan fingerprint density at radius 3 is 2.62 bits per heavy atom. The lowest BCUT2D eigenvalue weighted by Gasteiger charge is -2.64. The van der Waals surface area contributed by atoms with Crippen molar-refractivity contribution in [3.8, 4) is 0 Å². The lowest BCUT2D eigenvalue weighted by molar-refractivity contribution is -0.195. The molecule has 0 amide bonds. The smallest absolute Gasteiger partial charge is 0.306 e. The Labute approximate surface area is 199 Å². The van der Waals surface area contributed by atoms with Gasteiger partial charge in [0.05, 0.1) is 16.9 Å². The number of aliphatic hydroxyl groups is 1. The van der Waals surface area contributed by atoms with Crippen LogP contribution in [0.1, 0.15) is 65.7 Å². The number of ketones is 2. The second-order valence-corrected chi connectivity index (χ2v) is 11.3. The third kappa shape index (κ3) is 2.96. The van der Waals surface area contributed by atoms with Crippen LogP contribution in [0.25, 0.3) is 0 Å². The number of ether oxygens (including phenoxy) is 1. The standard InChI is InChI=1S/C25H32Cl2O5/c1-4-5-21(31)32-24(20(30)14-26)11-9-17-18-7-6-15-12-16(28)8-10-22(15,2)25(18,27)19(29)13-23(17,24)3/h8,10,12,17-19,29H,4-7,9,11,13-14H2,1-3H3/t17-,18-,19-,22-,23-,24-,25-/m0/s1. The Hall–Kier alpha value is -1.17. The van der Waals surface area contributed by atoms with E-state index in [0.717, 1.165) is 5.57 Å². The van der Waals surface area contributed by atoms with Gasteiger partial charge in [-0.05, 0) is 62.5 Å². The number of esters is 1. The van der Waals surface area contributed by atoms with E-state index in [4.69, 9.17) is 27.9 Å². The number of hydrogen-bond acceptors (Lipinski definition) is 5. The number of carbonyl (C=O) groups excluding carboxylic acids is 3. The molecule has 176 valence electrons. The molecule has 0 heterocycles. The van der Waals surface area contributed by atoms with E-state index in [2.05, 4.69) is 0 Å². The van der Waals surface area contributed by atoms with Gasteiger partial charge in [0, 0.05) is 17.3 Å². The summed E-state index contributed by atoms with van der Waals surface area (Å²) in [5.74, 6) is -1.12. The summed E-state index contributed by atoms with van der Waals surface area (Å²) in [7, 11) is 0. The molecular formula is C25H32Cl2O5. The molecule has 32 heavy (non-hydrogen) atoms. The van der Waals surface area contributed by atoms with Gasteiger partial charge < -0.3 is 9.84 Å². The SMILES string of the molecule is CCCC(=O)O[C@]1(C(=O)CCl)CC[C@H]2[C@@H]3CCC4=CC(=O)C=C[C@]4(C)[C@@]3(Cl)[C@@H](O)C[C@@]21C.